The van der Waals surface area contributed by atoms with Crippen LogP contribution in [0.2, 0.25) is 0 Å². The predicted molar refractivity (Wildman–Crippen MR) is 138 cm³/mol. The summed E-state index contributed by atoms with van der Waals surface area (Å²) in [5, 5.41) is 0. The molecule has 0 amide bonds. The van der Waals surface area contributed by atoms with Crippen molar-refractivity contribution in [1.29, 1.82) is 0 Å². The Balaban J connectivity index is 1.43. The van der Waals surface area contributed by atoms with Gasteiger partial charge in [-0.1, -0.05) is 91.5 Å². The predicted octanol–water partition coefficient (Wildman–Crippen LogP) is 7.58. The molecule has 5 rings (SSSR count). The van der Waals surface area contributed by atoms with Crippen molar-refractivity contribution in [1.82, 2.24) is 0 Å². The van der Waals surface area contributed by atoms with Crippen molar-refractivity contribution in [2.24, 2.45) is 0 Å². The van der Waals surface area contributed by atoms with Gasteiger partial charge in [-0.05, 0) is 64.6 Å². The van der Waals surface area contributed by atoms with E-state index in [1.165, 1.54) is 44.0 Å². The molecular formula is C30H27NS. The standard InChI is InChI=1S/C30H27NS/c1-22(24-17-15-23(16-18-24)19-27-11-6-8-14-30(27)32-2)31-21-28-12-4-3-9-25(28)20-26-10-5-7-13-29(26)31/h3-18H,1,19-21H2,2H3. The van der Waals surface area contributed by atoms with E-state index in [1.54, 1.807) is 0 Å². The summed E-state index contributed by atoms with van der Waals surface area (Å²) in [4.78, 5) is 3.72. The molecule has 0 spiro atoms. The number of benzene rings is 4. The topological polar surface area (TPSA) is 3.24 Å². The second kappa shape index (κ2) is 9.10. The molecule has 1 heterocycles. The summed E-state index contributed by atoms with van der Waals surface area (Å²) in [6, 6.07) is 35.1. The Kier molecular flexibility index (Phi) is 5.87. The maximum absolute atomic E-state index is 4.53. The first-order valence-corrected chi connectivity index (χ1v) is 12.3. The third-order valence-electron chi connectivity index (χ3n) is 6.31. The van der Waals surface area contributed by atoms with E-state index in [0.717, 1.165) is 25.1 Å². The molecule has 158 valence electrons. The molecule has 1 aliphatic rings. The molecular weight excluding hydrogens is 406 g/mol. The number of hydrogen-bond donors (Lipinski definition) is 0. The minimum atomic E-state index is 0.842. The van der Waals surface area contributed by atoms with Crippen molar-refractivity contribution < 1.29 is 0 Å². The van der Waals surface area contributed by atoms with Gasteiger partial charge in [0, 0.05) is 22.8 Å². The van der Waals surface area contributed by atoms with Gasteiger partial charge < -0.3 is 4.90 Å². The molecule has 0 unspecified atom stereocenters. The number of thioether (sulfide) groups is 1. The van der Waals surface area contributed by atoms with Crippen LogP contribution >= 0.6 is 11.8 Å². The third kappa shape index (κ3) is 4.11. The first-order chi connectivity index (χ1) is 15.7. The van der Waals surface area contributed by atoms with Crippen LogP contribution in [0.15, 0.2) is 109 Å². The second-order valence-electron chi connectivity index (χ2n) is 8.29. The van der Waals surface area contributed by atoms with Crippen LogP contribution in [0.25, 0.3) is 5.70 Å². The molecule has 0 saturated heterocycles. The number of para-hydroxylation sites is 1. The Morgan fingerprint density at radius 1 is 0.781 bits per heavy atom. The Morgan fingerprint density at radius 3 is 2.22 bits per heavy atom. The number of hydrogen-bond acceptors (Lipinski definition) is 2. The molecule has 32 heavy (non-hydrogen) atoms. The second-order valence-corrected chi connectivity index (χ2v) is 9.14. The van der Waals surface area contributed by atoms with Crippen LogP contribution in [0.3, 0.4) is 0 Å². The highest BCUT2D eigenvalue weighted by atomic mass is 32.2. The summed E-state index contributed by atoms with van der Waals surface area (Å²) >= 11 is 1.81. The van der Waals surface area contributed by atoms with Gasteiger partial charge in [0.25, 0.3) is 0 Å². The van der Waals surface area contributed by atoms with Gasteiger partial charge in [0.15, 0.2) is 0 Å². The molecule has 4 aromatic rings. The fourth-order valence-electron chi connectivity index (χ4n) is 4.55. The van der Waals surface area contributed by atoms with Crippen LogP contribution in [0.5, 0.6) is 0 Å². The molecule has 0 atom stereocenters. The highest BCUT2D eigenvalue weighted by molar-refractivity contribution is 7.98. The van der Waals surface area contributed by atoms with E-state index in [1.807, 2.05) is 11.8 Å². The molecule has 0 saturated carbocycles. The highest BCUT2D eigenvalue weighted by Crippen LogP contribution is 2.35. The average Bonchev–Trinajstić information content (AvgIpc) is 3.01. The van der Waals surface area contributed by atoms with E-state index >= 15 is 0 Å². The maximum atomic E-state index is 4.53. The molecule has 0 aliphatic carbocycles. The maximum Gasteiger partial charge on any atom is 0.0484 e. The van der Waals surface area contributed by atoms with Crippen LogP contribution < -0.4 is 4.90 Å². The highest BCUT2D eigenvalue weighted by Gasteiger charge is 2.21. The van der Waals surface area contributed by atoms with Gasteiger partial charge in [0.05, 0.1) is 0 Å². The summed E-state index contributed by atoms with van der Waals surface area (Å²) < 4.78 is 0. The van der Waals surface area contributed by atoms with Crippen LogP contribution in [0.4, 0.5) is 5.69 Å². The summed E-state index contributed by atoms with van der Waals surface area (Å²) in [6.45, 7) is 5.37. The van der Waals surface area contributed by atoms with Gasteiger partial charge in [-0.3, -0.25) is 0 Å². The van der Waals surface area contributed by atoms with E-state index in [4.69, 9.17) is 0 Å². The molecule has 0 N–H and O–H groups in total. The van der Waals surface area contributed by atoms with Crippen LogP contribution in [-0.2, 0) is 19.4 Å². The van der Waals surface area contributed by atoms with Gasteiger partial charge in [-0.25, -0.2) is 0 Å². The van der Waals surface area contributed by atoms with Crippen LogP contribution in [-0.4, -0.2) is 6.26 Å². The fraction of sp³-hybridized carbons (Fsp3) is 0.133. The van der Waals surface area contributed by atoms with Gasteiger partial charge in [-0.15, -0.1) is 11.8 Å². The lowest BCUT2D eigenvalue weighted by Crippen LogP contribution is -2.20. The lowest BCUT2D eigenvalue weighted by Gasteiger charge is -2.27. The number of fused-ring (bicyclic) bond motifs is 2. The Bertz CT molecular complexity index is 1260. The van der Waals surface area contributed by atoms with Gasteiger partial charge in [0.1, 0.15) is 0 Å². The van der Waals surface area contributed by atoms with Crippen molar-refractivity contribution in [3.05, 3.63) is 137 Å². The zero-order chi connectivity index (χ0) is 21.9. The van der Waals surface area contributed by atoms with Gasteiger partial charge in [-0.2, -0.15) is 0 Å². The van der Waals surface area contributed by atoms with E-state index in [2.05, 4.69) is 115 Å². The Morgan fingerprint density at radius 2 is 1.44 bits per heavy atom. The summed E-state index contributed by atoms with van der Waals surface area (Å²) in [5.74, 6) is 0. The molecule has 0 aromatic heterocycles. The van der Waals surface area contributed by atoms with E-state index in [0.29, 0.717) is 0 Å². The zero-order valence-corrected chi connectivity index (χ0v) is 19.2. The van der Waals surface area contributed by atoms with E-state index < -0.39 is 0 Å². The fourth-order valence-corrected chi connectivity index (χ4v) is 5.17. The normalized spacial score (nSPS) is 12.6. The van der Waals surface area contributed by atoms with Crippen molar-refractivity contribution in [2.45, 2.75) is 24.3 Å². The number of nitrogens with zero attached hydrogens (tertiary/aromatic N) is 1. The molecule has 1 nitrogen and oxygen atoms in total. The van der Waals surface area contributed by atoms with E-state index in [-0.39, 0.29) is 0 Å². The molecule has 0 radical (unpaired) electrons. The Hall–Kier alpha value is -3.23. The summed E-state index contributed by atoms with van der Waals surface area (Å²) in [5.41, 5.74) is 10.3. The van der Waals surface area contributed by atoms with Crippen molar-refractivity contribution in [3.8, 4) is 0 Å². The van der Waals surface area contributed by atoms with Crippen LogP contribution in [0.1, 0.15) is 33.4 Å². The average molecular weight is 434 g/mol. The first-order valence-electron chi connectivity index (χ1n) is 11.1. The van der Waals surface area contributed by atoms with Crippen molar-refractivity contribution in [3.63, 3.8) is 0 Å². The minimum absolute atomic E-state index is 0.842. The SMILES string of the molecule is C=C(c1ccc(Cc2ccccc2SC)cc1)N1Cc2ccccc2Cc2ccccc21. The Labute approximate surface area is 195 Å². The van der Waals surface area contributed by atoms with E-state index in [9.17, 15) is 0 Å². The molecule has 0 bridgehead atoms. The first kappa shape index (κ1) is 20.7. The summed E-state index contributed by atoms with van der Waals surface area (Å²) in [7, 11) is 0. The third-order valence-corrected chi connectivity index (χ3v) is 7.15. The lowest BCUT2D eigenvalue weighted by atomic mass is 10.0. The van der Waals surface area contributed by atoms with Crippen molar-refractivity contribution >= 4 is 23.1 Å². The lowest BCUT2D eigenvalue weighted by molar-refractivity contribution is 0.986. The quantitative estimate of drug-likeness (QED) is 0.298. The minimum Gasteiger partial charge on any atom is -0.337 e. The van der Waals surface area contributed by atoms with Crippen molar-refractivity contribution in [2.75, 3.05) is 11.2 Å². The van der Waals surface area contributed by atoms with Crippen LogP contribution in [0, 0.1) is 0 Å². The number of rotatable bonds is 5. The van der Waals surface area contributed by atoms with Gasteiger partial charge >= 0.3 is 0 Å². The molecule has 2 heteroatoms. The molecule has 0 fully saturated rings. The van der Waals surface area contributed by atoms with Gasteiger partial charge in [0.2, 0.25) is 0 Å². The largest absolute Gasteiger partial charge is 0.337 e. The molecule has 4 aromatic carbocycles. The summed E-state index contributed by atoms with van der Waals surface area (Å²) in [6.07, 6.45) is 4.05. The zero-order valence-electron chi connectivity index (χ0n) is 18.4. The smallest absolute Gasteiger partial charge is 0.0484 e. The molecule has 1 aliphatic heterocycles. The monoisotopic (exact) mass is 433 g/mol. The number of anilines is 1.